The first kappa shape index (κ1) is 13.1. The number of halogens is 2. The normalized spacial score (nSPS) is 19.4. The van der Waals surface area contributed by atoms with Crippen LogP contribution >= 0.6 is 22.9 Å². The van der Waals surface area contributed by atoms with Crippen molar-refractivity contribution in [3.63, 3.8) is 0 Å². The van der Waals surface area contributed by atoms with Crippen LogP contribution in [0.25, 0.3) is 0 Å². The minimum atomic E-state index is -0.0754. The van der Waals surface area contributed by atoms with Crippen molar-refractivity contribution in [3.8, 4) is 0 Å². The van der Waals surface area contributed by atoms with E-state index in [9.17, 15) is 4.39 Å². The second kappa shape index (κ2) is 5.23. The molecule has 0 amide bonds. The predicted octanol–water partition coefficient (Wildman–Crippen LogP) is 4.88. The average Bonchev–Trinajstić information content (AvgIpc) is 2.98. The second-order valence-electron chi connectivity index (χ2n) is 4.93. The van der Waals surface area contributed by atoms with Crippen LogP contribution < -0.4 is 5.32 Å². The van der Waals surface area contributed by atoms with Gasteiger partial charge < -0.3 is 5.32 Å². The molecule has 0 radical (unpaired) electrons. The number of nitrogens with one attached hydrogen (secondary N) is 1. The van der Waals surface area contributed by atoms with Crippen LogP contribution in [0.4, 0.5) is 4.39 Å². The van der Waals surface area contributed by atoms with E-state index in [-0.39, 0.29) is 17.9 Å². The minimum absolute atomic E-state index is 0.0754. The molecular formula is C15H15ClFNS. The summed E-state index contributed by atoms with van der Waals surface area (Å²) in [6.07, 6.45) is 1.78. The zero-order valence-electron chi connectivity index (χ0n) is 10.6. The van der Waals surface area contributed by atoms with Gasteiger partial charge in [-0.2, -0.15) is 0 Å². The van der Waals surface area contributed by atoms with Gasteiger partial charge in [0, 0.05) is 17.0 Å². The van der Waals surface area contributed by atoms with E-state index in [0.29, 0.717) is 0 Å². The van der Waals surface area contributed by atoms with E-state index in [4.69, 9.17) is 11.6 Å². The van der Waals surface area contributed by atoms with Gasteiger partial charge in [-0.25, -0.2) is 4.39 Å². The molecule has 2 aromatic rings. The van der Waals surface area contributed by atoms with Crippen molar-refractivity contribution >= 4 is 22.9 Å². The molecule has 1 aromatic carbocycles. The summed E-state index contributed by atoms with van der Waals surface area (Å²) in [5.74, 6) is -0.0754. The highest BCUT2D eigenvalue weighted by Gasteiger charge is 2.26. The Kier molecular flexibility index (Phi) is 3.61. The lowest BCUT2D eigenvalue weighted by Crippen LogP contribution is -2.22. The Morgan fingerprint density at radius 1 is 1.37 bits per heavy atom. The van der Waals surface area contributed by atoms with Crippen molar-refractivity contribution in [1.82, 2.24) is 5.32 Å². The first-order valence-corrected chi connectivity index (χ1v) is 7.63. The highest BCUT2D eigenvalue weighted by molar-refractivity contribution is 7.16. The molecule has 19 heavy (non-hydrogen) atoms. The standard InChI is InChI=1S/C15H15ClFNS/c1-9(14-7-8-15(16)19-14)18-13-6-5-10-11(13)3-2-4-12(10)17/h2-4,7-9,13,18H,5-6H2,1H3. The Balaban J connectivity index is 1.78. The van der Waals surface area contributed by atoms with Gasteiger partial charge >= 0.3 is 0 Å². The minimum Gasteiger partial charge on any atom is -0.303 e. The number of thiophene rings is 1. The van der Waals surface area contributed by atoms with Gasteiger partial charge in [-0.3, -0.25) is 0 Å². The zero-order chi connectivity index (χ0) is 13.4. The summed E-state index contributed by atoms with van der Waals surface area (Å²) in [6.45, 7) is 2.12. The first-order chi connectivity index (χ1) is 9.15. The Bertz CT molecular complexity index is 596. The molecule has 1 nitrogen and oxygen atoms in total. The molecule has 1 N–H and O–H groups in total. The van der Waals surface area contributed by atoms with Gasteiger partial charge in [-0.15, -0.1) is 11.3 Å². The van der Waals surface area contributed by atoms with Crippen LogP contribution in [0.2, 0.25) is 4.34 Å². The Hall–Kier alpha value is -0.900. The molecule has 2 atom stereocenters. The smallest absolute Gasteiger partial charge is 0.126 e. The molecule has 0 fully saturated rings. The molecular weight excluding hydrogens is 281 g/mol. The number of hydrogen-bond donors (Lipinski definition) is 1. The molecule has 1 aliphatic carbocycles. The van der Waals surface area contributed by atoms with Crippen molar-refractivity contribution in [2.24, 2.45) is 0 Å². The number of benzene rings is 1. The third kappa shape index (κ3) is 2.55. The van der Waals surface area contributed by atoms with E-state index in [1.54, 1.807) is 23.5 Å². The lowest BCUT2D eigenvalue weighted by molar-refractivity contribution is 0.469. The summed E-state index contributed by atoms with van der Waals surface area (Å²) in [4.78, 5) is 1.22. The third-order valence-corrected chi connectivity index (χ3v) is 5.10. The van der Waals surface area contributed by atoms with E-state index in [1.165, 1.54) is 4.88 Å². The summed E-state index contributed by atoms with van der Waals surface area (Å²) >= 11 is 7.56. The molecule has 1 aromatic heterocycles. The summed E-state index contributed by atoms with van der Waals surface area (Å²) in [6, 6.07) is 9.80. The Labute approximate surface area is 121 Å². The Morgan fingerprint density at radius 3 is 2.95 bits per heavy atom. The van der Waals surface area contributed by atoms with Crippen molar-refractivity contribution in [2.75, 3.05) is 0 Å². The third-order valence-electron chi connectivity index (χ3n) is 3.69. The maximum absolute atomic E-state index is 13.7. The van der Waals surface area contributed by atoms with Crippen molar-refractivity contribution < 1.29 is 4.39 Å². The SMILES string of the molecule is CC(NC1CCc2c(F)cccc21)c1ccc(Cl)s1. The van der Waals surface area contributed by atoms with E-state index < -0.39 is 0 Å². The van der Waals surface area contributed by atoms with Gasteiger partial charge in [0.15, 0.2) is 0 Å². The largest absolute Gasteiger partial charge is 0.303 e. The topological polar surface area (TPSA) is 12.0 Å². The van der Waals surface area contributed by atoms with Crippen LogP contribution in [0.15, 0.2) is 30.3 Å². The summed E-state index contributed by atoms with van der Waals surface area (Å²) in [5.41, 5.74) is 1.98. The van der Waals surface area contributed by atoms with Crippen LogP contribution in [-0.2, 0) is 6.42 Å². The van der Waals surface area contributed by atoms with Gasteiger partial charge in [0.05, 0.1) is 4.34 Å². The maximum atomic E-state index is 13.7. The molecule has 0 spiro atoms. The monoisotopic (exact) mass is 295 g/mol. The Morgan fingerprint density at radius 2 is 2.21 bits per heavy atom. The van der Waals surface area contributed by atoms with Crippen LogP contribution in [0.5, 0.6) is 0 Å². The van der Waals surface area contributed by atoms with Gasteiger partial charge in [0.2, 0.25) is 0 Å². The van der Waals surface area contributed by atoms with Crippen molar-refractivity contribution in [3.05, 3.63) is 56.5 Å². The number of hydrogen-bond acceptors (Lipinski definition) is 2. The molecule has 0 aliphatic heterocycles. The van der Waals surface area contributed by atoms with Gasteiger partial charge in [0.1, 0.15) is 5.82 Å². The molecule has 1 aliphatic rings. The van der Waals surface area contributed by atoms with Crippen LogP contribution in [0.3, 0.4) is 0 Å². The van der Waals surface area contributed by atoms with Crippen molar-refractivity contribution in [1.29, 1.82) is 0 Å². The lowest BCUT2D eigenvalue weighted by Gasteiger charge is -2.19. The maximum Gasteiger partial charge on any atom is 0.126 e. The average molecular weight is 296 g/mol. The highest BCUT2D eigenvalue weighted by atomic mass is 35.5. The molecule has 2 unspecified atom stereocenters. The van der Waals surface area contributed by atoms with E-state index in [1.807, 2.05) is 18.2 Å². The predicted molar refractivity (Wildman–Crippen MR) is 78.3 cm³/mol. The molecule has 0 saturated carbocycles. The van der Waals surface area contributed by atoms with Gasteiger partial charge in [-0.05, 0) is 49.1 Å². The summed E-state index contributed by atoms with van der Waals surface area (Å²) in [5, 5.41) is 3.58. The highest BCUT2D eigenvalue weighted by Crippen LogP contribution is 2.35. The molecule has 100 valence electrons. The van der Waals surface area contributed by atoms with Gasteiger partial charge in [0.25, 0.3) is 0 Å². The number of fused-ring (bicyclic) bond motifs is 1. The van der Waals surface area contributed by atoms with Crippen molar-refractivity contribution in [2.45, 2.75) is 31.8 Å². The summed E-state index contributed by atoms with van der Waals surface area (Å²) in [7, 11) is 0. The second-order valence-corrected chi connectivity index (χ2v) is 6.68. The first-order valence-electron chi connectivity index (χ1n) is 6.43. The molecule has 0 bridgehead atoms. The van der Waals surface area contributed by atoms with Crippen LogP contribution in [0, 0.1) is 5.82 Å². The lowest BCUT2D eigenvalue weighted by atomic mass is 10.1. The fourth-order valence-electron chi connectivity index (χ4n) is 2.73. The van der Waals surface area contributed by atoms with Crippen LogP contribution in [-0.4, -0.2) is 0 Å². The summed E-state index contributed by atoms with van der Waals surface area (Å²) < 4.78 is 14.5. The van der Waals surface area contributed by atoms with Gasteiger partial charge in [-0.1, -0.05) is 23.7 Å². The number of rotatable bonds is 3. The van der Waals surface area contributed by atoms with Crippen LogP contribution in [0.1, 0.15) is 41.4 Å². The van der Waals surface area contributed by atoms with E-state index >= 15 is 0 Å². The molecule has 3 rings (SSSR count). The molecule has 1 heterocycles. The molecule has 0 saturated heterocycles. The van der Waals surface area contributed by atoms with E-state index in [2.05, 4.69) is 12.2 Å². The quantitative estimate of drug-likeness (QED) is 0.851. The van der Waals surface area contributed by atoms with E-state index in [0.717, 1.165) is 28.3 Å². The fraction of sp³-hybridized carbons (Fsp3) is 0.333. The fourth-order valence-corrected chi connectivity index (χ4v) is 3.80. The zero-order valence-corrected chi connectivity index (χ0v) is 12.2. The molecule has 4 heteroatoms.